The lowest BCUT2D eigenvalue weighted by Gasteiger charge is -2.15. The molecule has 1 saturated carbocycles. The first-order chi connectivity index (χ1) is 13.7. The SMILES string of the molecule is CCNC(=NCc1cc(N(C)C)nc2ccccc12)NCCCOCC1CC1. The Morgan fingerprint density at radius 1 is 1.25 bits per heavy atom. The number of guanidine groups is 1. The van der Waals surface area contributed by atoms with Crippen molar-refractivity contribution in [1.29, 1.82) is 0 Å². The molecule has 1 aliphatic carbocycles. The number of fused-ring (bicyclic) bond motifs is 1. The van der Waals surface area contributed by atoms with Gasteiger partial charge in [0.05, 0.1) is 12.1 Å². The molecule has 6 heteroatoms. The highest BCUT2D eigenvalue weighted by molar-refractivity contribution is 5.85. The van der Waals surface area contributed by atoms with E-state index in [-0.39, 0.29) is 0 Å². The van der Waals surface area contributed by atoms with Crippen LogP contribution in [0.15, 0.2) is 35.3 Å². The van der Waals surface area contributed by atoms with Crippen LogP contribution in [0.2, 0.25) is 0 Å². The third kappa shape index (κ3) is 6.09. The quantitative estimate of drug-likeness (QED) is 0.375. The van der Waals surface area contributed by atoms with Crippen LogP contribution in [0.4, 0.5) is 5.82 Å². The van der Waals surface area contributed by atoms with E-state index in [2.05, 4.69) is 41.8 Å². The molecule has 1 heterocycles. The molecule has 0 amide bonds. The minimum absolute atomic E-state index is 0.609. The molecule has 28 heavy (non-hydrogen) atoms. The third-order valence-electron chi connectivity index (χ3n) is 4.81. The van der Waals surface area contributed by atoms with Crippen molar-refractivity contribution in [2.75, 3.05) is 45.3 Å². The second-order valence-corrected chi connectivity index (χ2v) is 7.54. The largest absolute Gasteiger partial charge is 0.381 e. The maximum absolute atomic E-state index is 5.70. The number of nitrogens with zero attached hydrogens (tertiary/aromatic N) is 3. The lowest BCUT2D eigenvalue weighted by Crippen LogP contribution is -2.38. The summed E-state index contributed by atoms with van der Waals surface area (Å²) in [5.41, 5.74) is 2.18. The molecule has 1 aromatic heterocycles. The summed E-state index contributed by atoms with van der Waals surface area (Å²) in [4.78, 5) is 11.6. The Balaban J connectivity index is 1.61. The van der Waals surface area contributed by atoms with Gasteiger partial charge in [0.1, 0.15) is 5.82 Å². The van der Waals surface area contributed by atoms with Crippen molar-refractivity contribution >= 4 is 22.7 Å². The first-order valence-electron chi connectivity index (χ1n) is 10.3. The van der Waals surface area contributed by atoms with E-state index in [0.717, 1.165) is 61.3 Å². The van der Waals surface area contributed by atoms with Crippen LogP contribution in [0, 0.1) is 5.92 Å². The van der Waals surface area contributed by atoms with Crippen LogP contribution in [-0.2, 0) is 11.3 Å². The van der Waals surface area contributed by atoms with Crippen molar-refractivity contribution in [3.05, 3.63) is 35.9 Å². The van der Waals surface area contributed by atoms with Crippen molar-refractivity contribution in [3.63, 3.8) is 0 Å². The van der Waals surface area contributed by atoms with Crippen LogP contribution in [-0.4, -0.2) is 51.3 Å². The highest BCUT2D eigenvalue weighted by atomic mass is 16.5. The van der Waals surface area contributed by atoms with Crippen LogP contribution < -0.4 is 15.5 Å². The van der Waals surface area contributed by atoms with Gasteiger partial charge in [-0.2, -0.15) is 0 Å². The molecule has 0 saturated heterocycles. The van der Waals surface area contributed by atoms with Gasteiger partial charge in [0.2, 0.25) is 0 Å². The zero-order chi connectivity index (χ0) is 19.8. The van der Waals surface area contributed by atoms with Crippen molar-refractivity contribution in [2.24, 2.45) is 10.9 Å². The zero-order valence-corrected chi connectivity index (χ0v) is 17.4. The minimum atomic E-state index is 0.609. The van der Waals surface area contributed by atoms with Gasteiger partial charge in [-0.3, -0.25) is 0 Å². The Kier molecular flexibility index (Phi) is 7.48. The van der Waals surface area contributed by atoms with Crippen molar-refractivity contribution in [3.8, 4) is 0 Å². The zero-order valence-electron chi connectivity index (χ0n) is 17.4. The topological polar surface area (TPSA) is 61.8 Å². The molecule has 6 nitrogen and oxygen atoms in total. The van der Waals surface area contributed by atoms with E-state index in [1.165, 1.54) is 18.4 Å². The number of nitrogens with one attached hydrogen (secondary N) is 2. The summed E-state index contributed by atoms with van der Waals surface area (Å²) in [5, 5.41) is 7.90. The Hall–Kier alpha value is -2.34. The summed E-state index contributed by atoms with van der Waals surface area (Å²) in [5.74, 6) is 2.63. The predicted molar refractivity (Wildman–Crippen MR) is 117 cm³/mol. The fraction of sp³-hybridized carbons (Fsp3) is 0.545. The summed E-state index contributed by atoms with van der Waals surface area (Å²) < 4.78 is 5.70. The van der Waals surface area contributed by atoms with Gasteiger partial charge in [0.25, 0.3) is 0 Å². The standard InChI is InChI=1S/C22H33N5O/c1-4-23-22(24-12-7-13-28-16-17-10-11-17)25-15-18-14-21(27(2)3)26-20-9-6-5-8-19(18)20/h5-6,8-9,14,17H,4,7,10-13,15-16H2,1-3H3,(H2,23,24,25). The molecule has 2 N–H and O–H groups in total. The fourth-order valence-corrected chi connectivity index (χ4v) is 3.01. The number of hydrogen-bond donors (Lipinski definition) is 2. The molecule has 3 rings (SSSR count). The lowest BCUT2D eigenvalue weighted by molar-refractivity contribution is 0.123. The number of aromatic nitrogens is 1. The normalized spacial score (nSPS) is 14.3. The van der Waals surface area contributed by atoms with Crippen molar-refractivity contribution in [1.82, 2.24) is 15.6 Å². The lowest BCUT2D eigenvalue weighted by atomic mass is 10.1. The number of aliphatic imine (C=N–C) groups is 1. The van der Waals surface area contributed by atoms with Gasteiger partial charge in [0.15, 0.2) is 5.96 Å². The number of pyridine rings is 1. The first kappa shape index (κ1) is 20.4. The maximum Gasteiger partial charge on any atom is 0.191 e. The van der Waals surface area contributed by atoms with E-state index in [1.54, 1.807) is 0 Å². The fourth-order valence-electron chi connectivity index (χ4n) is 3.01. The van der Waals surface area contributed by atoms with E-state index in [9.17, 15) is 0 Å². The molecule has 0 unspecified atom stereocenters. The Bertz CT molecular complexity index is 786. The van der Waals surface area contributed by atoms with Gasteiger partial charge in [-0.1, -0.05) is 18.2 Å². The molecule has 1 aliphatic rings. The molecule has 1 fully saturated rings. The average Bonchev–Trinajstić information content (AvgIpc) is 3.52. The molecule has 0 radical (unpaired) electrons. The van der Waals surface area contributed by atoms with Crippen LogP contribution in [0.3, 0.4) is 0 Å². The first-order valence-corrected chi connectivity index (χ1v) is 10.3. The molecular weight excluding hydrogens is 350 g/mol. The summed E-state index contributed by atoms with van der Waals surface area (Å²) in [7, 11) is 4.03. The number of ether oxygens (including phenoxy) is 1. The molecule has 0 atom stereocenters. The maximum atomic E-state index is 5.70. The smallest absolute Gasteiger partial charge is 0.191 e. The number of rotatable bonds is 10. The molecule has 0 bridgehead atoms. The molecule has 2 aromatic rings. The van der Waals surface area contributed by atoms with Crippen LogP contribution in [0.25, 0.3) is 10.9 Å². The van der Waals surface area contributed by atoms with Gasteiger partial charge in [-0.15, -0.1) is 0 Å². The van der Waals surface area contributed by atoms with Gasteiger partial charge in [-0.25, -0.2) is 9.98 Å². The van der Waals surface area contributed by atoms with Crippen LogP contribution in [0.5, 0.6) is 0 Å². The Morgan fingerprint density at radius 3 is 2.82 bits per heavy atom. The number of hydrogen-bond acceptors (Lipinski definition) is 4. The number of para-hydroxylation sites is 1. The molecular formula is C22H33N5O. The van der Waals surface area contributed by atoms with E-state index in [4.69, 9.17) is 14.7 Å². The summed E-state index contributed by atoms with van der Waals surface area (Å²) >= 11 is 0. The van der Waals surface area contributed by atoms with E-state index in [0.29, 0.717) is 6.54 Å². The molecule has 0 aliphatic heterocycles. The third-order valence-corrected chi connectivity index (χ3v) is 4.81. The predicted octanol–water partition coefficient (Wildman–Crippen LogP) is 3.17. The summed E-state index contributed by atoms with van der Waals surface area (Å²) in [6.45, 7) is 6.13. The molecule has 0 spiro atoms. The summed E-state index contributed by atoms with van der Waals surface area (Å²) in [6.07, 6.45) is 3.67. The summed E-state index contributed by atoms with van der Waals surface area (Å²) in [6, 6.07) is 10.4. The van der Waals surface area contributed by atoms with Crippen molar-refractivity contribution < 1.29 is 4.74 Å². The minimum Gasteiger partial charge on any atom is -0.381 e. The molecule has 152 valence electrons. The second-order valence-electron chi connectivity index (χ2n) is 7.54. The van der Waals surface area contributed by atoms with Gasteiger partial charge in [0, 0.05) is 45.8 Å². The molecule has 1 aromatic carbocycles. The number of benzene rings is 1. The monoisotopic (exact) mass is 383 g/mol. The van der Waals surface area contributed by atoms with E-state index in [1.807, 2.05) is 25.1 Å². The highest BCUT2D eigenvalue weighted by Gasteiger charge is 2.20. The van der Waals surface area contributed by atoms with E-state index >= 15 is 0 Å². The second kappa shape index (κ2) is 10.3. The van der Waals surface area contributed by atoms with Gasteiger partial charge >= 0.3 is 0 Å². The van der Waals surface area contributed by atoms with Crippen LogP contribution >= 0.6 is 0 Å². The van der Waals surface area contributed by atoms with Crippen LogP contribution in [0.1, 0.15) is 31.7 Å². The van der Waals surface area contributed by atoms with E-state index < -0.39 is 0 Å². The van der Waals surface area contributed by atoms with Gasteiger partial charge in [-0.05, 0) is 49.8 Å². The average molecular weight is 384 g/mol. The highest BCUT2D eigenvalue weighted by Crippen LogP contribution is 2.28. The number of anilines is 1. The van der Waals surface area contributed by atoms with Crippen molar-refractivity contribution in [2.45, 2.75) is 32.7 Å². The Labute approximate surface area is 168 Å². The Morgan fingerprint density at radius 2 is 2.07 bits per heavy atom. The van der Waals surface area contributed by atoms with Gasteiger partial charge < -0.3 is 20.3 Å².